The first-order chi connectivity index (χ1) is 7.99. The second-order valence-electron chi connectivity index (χ2n) is 3.42. The van der Waals surface area contributed by atoms with E-state index in [0.29, 0.717) is 26.4 Å². The first-order valence-corrected chi connectivity index (χ1v) is 6.27. The summed E-state index contributed by atoms with van der Waals surface area (Å²) in [4.78, 5) is 0. The second kappa shape index (κ2) is 5.02. The molecule has 0 aliphatic carbocycles. The molecule has 3 nitrogen and oxygen atoms in total. The van der Waals surface area contributed by atoms with Gasteiger partial charge in [-0.2, -0.15) is 0 Å². The molecule has 7 heteroatoms. The van der Waals surface area contributed by atoms with Gasteiger partial charge in [0.15, 0.2) is 0 Å². The molecule has 1 unspecified atom stereocenters. The van der Waals surface area contributed by atoms with E-state index in [-0.39, 0.29) is 5.38 Å². The first-order valence-electron chi connectivity index (χ1n) is 4.70. The third-order valence-corrected chi connectivity index (χ3v) is 3.15. The standard InChI is InChI=1S/C10H7Cl4N3/c1-5(11)9-4-17(16-15-9)10-7(13)2-6(12)3-8(10)14/h2-5H,1H3. The van der Waals surface area contributed by atoms with Crippen LogP contribution in [0, 0.1) is 0 Å². The van der Waals surface area contributed by atoms with Crippen molar-refractivity contribution in [3.8, 4) is 5.69 Å². The van der Waals surface area contributed by atoms with Crippen LogP contribution in [0.15, 0.2) is 18.3 Å². The number of alkyl halides is 1. The molecule has 1 heterocycles. The molecule has 0 aliphatic heterocycles. The van der Waals surface area contributed by atoms with E-state index in [9.17, 15) is 0 Å². The molecule has 2 rings (SSSR count). The van der Waals surface area contributed by atoms with Gasteiger partial charge in [-0.05, 0) is 19.1 Å². The Morgan fingerprint density at radius 3 is 2.24 bits per heavy atom. The maximum atomic E-state index is 6.07. The summed E-state index contributed by atoms with van der Waals surface area (Å²) in [5.74, 6) is 0. The van der Waals surface area contributed by atoms with Crippen LogP contribution in [0.25, 0.3) is 5.69 Å². The summed E-state index contributed by atoms with van der Waals surface area (Å²) in [6.07, 6.45) is 1.68. The maximum absolute atomic E-state index is 6.07. The molecule has 0 fully saturated rings. The zero-order chi connectivity index (χ0) is 12.6. The highest BCUT2D eigenvalue weighted by Crippen LogP contribution is 2.32. The Labute approximate surface area is 118 Å². The van der Waals surface area contributed by atoms with Crippen molar-refractivity contribution in [3.05, 3.63) is 39.1 Å². The van der Waals surface area contributed by atoms with Crippen LogP contribution >= 0.6 is 46.4 Å². The quantitative estimate of drug-likeness (QED) is 0.763. The smallest absolute Gasteiger partial charge is 0.104 e. The Bertz CT molecular complexity index is 527. The number of aromatic nitrogens is 3. The molecule has 0 N–H and O–H groups in total. The Kier molecular flexibility index (Phi) is 3.83. The predicted molar refractivity (Wildman–Crippen MR) is 70.7 cm³/mol. The molecule has 90 valence electrons. The van der Waals surface area contributed by atoms with Gasteiger partial charge in [-0.3, -0.25) is 0 Å². The Morgan fingerprint density at radius 2 is 1.76 bits per heavy atom. The molecule has 1 aromatic heterocycles. The fraction of sp³-hybridized carbons (Fsp3) is 0.200. The monoisotopic (exact) mass is 309 g/mol. The Hall–Kier alpha value is -0.480. The number of benzene rings is 1. The van der Waals surface area contributed by atoms with Crippen molar-refractivity contribution in [2.75, 3.05) is 0 Å². The summed E-state index contributed by atoms with van der Waals surface area (Å²) >= 11 is 23.9. The van der Waals surface area contributed by atoms with Crippen molar-refractivity contribution in [1.82, 2.24) is 15.0 Å². The van der Waals surface area contributed by atoms with Gasteiger partial charge in [0, 0.05) is 5.02 Å². The number of hydrogen-bond acceptors (Lipinski definition) is 2. The molecule has 0 amide bonds. The van der Waals surface area contributed by atoms with Gasteiger partial charge in [0.05, 0.1) is 21.6 Å². The highest BCUT2D eigenvalue weighted by atomic mass is 35.5. The summed E-state index contributed by atoms with van der Waals surface area (Å²) in [5.41, 5.74) is 1.18. The molecular weight excluding hydrogens is 304 g/mol. The molecule has 0 aliphatic rings. The molecule has 0 saturated heterocycles. The van der Waals surface area contributed by atoms with Crippen LogP contribution in [0.2, 0.25) is 15.1 Å². The number of rotatable bonds is 2. The van der Waals surface area contributed by atoms with E-state index in [1.54, 1.807) is 25.3 Å². The van der Waals surface area contributed by atoms with Gasteiger partial charge in [-0.25, -0.2) is 4.68 Å². The average molecular weight is 311 g/mol. The molecule has 1 atom stereocenters. The van der Waals surface area contributed by atoms with Gasteiger partial charge >= 0.3 is 0 Å². The zero-order valence-corrected chi connectivity index (χ0v) is 11.7. The van der Waals surface area contributed by atoms with Gasteiger partial charge in [0.25, 0.3) is 0 Å². The minimum absolute atomic E-state index is 0.228. The van der Waals surface area contributed by atoms with Crippen molar-refractivity contribution in [3.63, 3.8) is 0 Å². The highest BCUT2D eigenvalue weighted by molar-refractivity contribution is 6.40. The highest BCUT2D eigenvalue weighted by Gasteiger charge is 2.13. The summed E-state index contributed by atoms with van der Waals surface area (Å²) in [6, 6.07) is 3.19. The molecular formula is C10H7Cl4N3. The van der Waals surface area contributed by atoms with Crippen LogP contribution in [-0.2, 0) is 0 Å². The van der Waals surface area contributed by atoms with Gasteiger partial charge in [-0.1, -0.05) is 40.0 Å². The lowest BCUT2D eigenvalue weighted by Gasteiger charge is -2.06. The van der Waals surface area contributed by atoms with E-state index in [0.717, 1.165) is 0 Å². The van der Waals surface area contributed by atoms with Crippen molar-refractivity contribution < 1.29 is 0 Å². The fourth-order valence-corrected chi connectivity index (χ4v) is 2.41. The minimum atomic E-state index is -0.228. The van der Waals surface area contributed by atoms with Crippen LogP contribution in [0.3, 0.4) is 0 Å². The number of nitrogens with zero attached hydrogens (tertiary/aromatic N) is 3. The minimum Gasteiger partial charge on any atom is -0.217 e. The molecule has 0 bridgehead atoms. The van der Waals surface area contributed by atoms with E-state index in [1.807, 2.05) is 0 Å². The molecule has 0 spiro atoms. The van der Waals surface area contributed by atoms with Crippen molar-refractivity contribution in [2.45, 2.75) is 12.3 Å². The zero-order valence-electron chi connectivity index (χ0n) is 8.66. The summed E-state index contributed by atoms with van der Waals surface area (Å²) in [5, 5.41) is 8.90. The Balaban J connectivity index is 2.52. The lowest BCUT2D eigenvalue weighted by Crippen LogP contribution is -1.97. The topological polar surface area (TPSA) is 30.7 Å². The van der Waals surface area contributed by atoms with Crippen molar-refractivity contribution >= 4 is 46.4 Å². The molecule has 1 aromatic carbocycles. The van der Waals surface area contributed by atoms with Gasteiger partial charge in [-0.15, -0.1) is 16.7 Å². The van der Waals surface area contributed by atoms with Crippen molar-refractivity contribution in [1.29, 1.82) is 0 Å². The SMILES string of the molecule is CC(Cl)c1cn(-c2c(Cl)cc(Cl)cc2Cl)nn1. The lowest BCUT2D eigenvalue weighted by atomic mass is 10.3. The van der Waals surface area contributed by atoms with Crippen LogP contribution in [-0.4, -0.2) is 15.0 Å². The van der Waals surface area contributed by atoms with Gasteiger partial charge in [0.1, 0.15) is 11.4 Å². The number of hydrogen-bond donors (Lipinski definition) is 0. The van der Waals surface area contributed by atoms with Crippen LogP contribution < -0.4 is 0 Å². The Morgan fingerprint density at radius 1 is 1.18 bits per heavy atom. The normalized spacial score (nSPS) is 12.8. The second-order valence-corrected chi connectivity index (χ2v) is 5.33. The van der Waals surface area contributed by atoms with E-state index in [1.165, 1.54) is 4.68 Å². The van der Waals surface area contributed by atoms with Gasteiger partial charge < -0.3 is 0 Å². The molecule has 0 radical (unpaired) electrons. The van der Waals surface area contributed by atoms with Crippen molar-refractivity contribution in [2.24, 2.45) is 0 Å². The van der Waals surface area contributed by atoms with E-state index < -0.39 is 0 Å². The van der Waals surface area contributed by atoms with Gasteiger partial charge in [0.2, 0.25) is 0 Å². The number of halogens is 4. The van der Waals surface area contributed by atoms with Crippen LogP contribution in [0.1, 0.15) is 18.0 Å². The molecule has 0 saturated carbocycles. The third-order valence-electron chi connectivity index (χ3n) is 2.13. The fourth-order valence-electron chi connectivity index (χ4n) is 1.32. The average Bonchev–Trinajstić information content (AvgIpc) is 2.65. The molecule has 17 heavy (non-hydrogen) atoms. The van der Waals surface area contributed by atoms with E-state index in [2.05, 4.69) is 10.3 Å². The van der Waals surface area contributed by atoms with E-state index >= 15 is 0 Å². The first kappa shape index (κ1) is 13.0. The molecule has 2 aromatic rings. The van der Waals surface area contributed by atoms with E-state index in [4.69, 9.17) is 46.4 Å². The summed E-state index contributed by atoms with van der Waals surface area (Å²) < 4.78 is 1.48. The largest absolute Gasteiger partial charge is 0.217 e. The summed E-state index contributed by atoms with van der Waals surface area (Å²) in [7, 11) is 0. The third kappa shape index (κ3) is 2.68. The lowest BCUT2D eigenvalue weighted by molar-refractivity contribution is 0.797. The van der Waals surface area contributed by atoms with Crippen LogP contribution in [0.5, 0.6) is 0 Å². The maximum Gasteiger partial charge on any atom is 0.104 e. The summed E-state index contributed by atoms with van der Waals surface area (Å²) in [6.45, 7) is 1.81. The van der Waals surface area contributed by atoms with Crippen LogP contribution in [0.4, 0.5) is 0 Å². The predicted octanol–water partition coefficient (Wildman–Crippen LogP) is 4.53.